The van der Waals surface area contributed by atoms with E-state index < -0.39 is 19.9 Å². The maximum Gasteiger partial charge on any atom is 0.265 e. The van der Waals surface area contributed by atoms with Crippen molar-refractivity contribution in [3.8, 4) is 0 Å². The van der Waals surface area contributed by atoms with Crippen LogP contribution in [0.4, 0.5) is 5.69 Å². The number of aromatic amines is 1. The summed E-state index contributed by atoms with van der Waals surface area (Å²) in [5, 5.41) is 6.18. The molecule has 0 bridgehead atoms. The molecule has 0 unspecified atom stereocenters. The summed E-state index contributed by atoms with van der Waals surface area (Å²) in [7, 11) is -7.20. The third-order valence-corrected chi connectivity index (χ3v) is 5.19. The molecular formula is C11H13N3O4S2. The summed E-state index contributed by atoms with van der Waals surface area (Å²) in [6.07, 6.45) is 2.25. The lowest BCUT2D eigenvalue weighted by molar-refractivity contribution is 0.598. The zero-order chi connectivity index (χ0) is 15.0. The maximum atomic E-state index is 12.1. The van der Waals surface area contributed by atoms with Crippen LogP contribution in [0, 0.1) is 6.92 Å². The van der Waals surface area contributed by atoms with Crippen LogP contribution < -0.4 is 4.72 Å². The zero-order valence-electron chi connectivity index (χ0n) is 10.8. The third kappa shape index (κ3) is 2.99. The van der Waals surface area contributed by atoms with Crippen molar-refractivity contribution in [1.82, 2.24) is 10.2 Å². The minimum Gasteiger partial charge on any atom is -0.281 e. The van der Waals surface area contributed by atoms with Gasteiger partial charge in [0.25, 0.3) is 10.0 Å². The van der Waals surface area contributed by atoms with Gasteiger partial charge in [0.2, 0.25) is 0 Å². The highest BCUT2D eigenvalue weighted by molar-refractivity contribution is 7.92. The van der Waals surface area contributed by atoms with Gasteiger partial charge in [0, 0.05) is 6.26 Å². The fourth-order valence-corrected chi connectivity index (χ4v) is 3.47. The summed E-state index contributed by atoms with van der Waals surface area (Å²) >= 11 is 0. The Morgan fingerprint density at radius 2 is 1.90 bits per heavy atom. The molecule has 2 rings (SSSR count). The van der Waals surface area contributed by atoms with Crippen LogP contribution in [0.15, 0.2) is 40.3 Å². The van der Waals surface area contributed by atoms with Gasteiger partial charge in [-0.1, -0.05) is 6.07 Å². The minimum absolute atomic E-state index is 0.0160. The van der Waals surface area contributed by atoms with E-state index in [0.29, 0.717) is 5.69 Å². The van der Waals surface area contributed by atoms with Crippen LogP contribution in [0.25, 0.3) is 0 Å². The molecule has 1 aromatic heterocycles. The van der Waals surface area contributed by atoms with Crippen molar-refractivity contribution in [2.75, 3.05) is 11.0 Å². The molecule has 0 radical (unpaired) electrons. The number of sulfone groups is 1. The summed E-state index contributed by atoms with van der Waals surface area (Å²) in [6.45, 7) is 1.58. The number of sulfonamides is 1. The van der Waals surface area contributed by atoms with Gasteiger partial charge in [-0.2, -0.15) is 5.10 Å². The van der Waals surface area contributed by atoms with E-state index in [-0.39, 0.29) is 15.5 Å². The lowest BCUT2D eigenvalue weighted by Gasteiger charge is -2.08. The van der Waals surface area contributed by atoms with Crippen molar-refractivity contribution < 1.29 is 16.8 Å². The molecular weight excluding hydrogens is 302 g/mol. The average Bonchev–Trinajstić information content (AvgIpc) is 2.75. The van der Waals surface area contributed by atoms with Crippen LogP contribution in [0.2, 0.25) is 0 Å². The summed E-state index contributed by atoms with van der Waals surface area (Å²) in [6, 6.07) is 5.61. The van der Waals surface area contributed by atoms with Crippen LogP contribution >= 0.6 is 0 Å². The lowest BCUT2D eigenvalue weighted by atomic mass is 10.3. The fourth-order valence-electron chi connectivity index (χ4n) is 1.61. The van der Waals surface area contributed by atoms with Gasteiger partial charge in [-0.15, -0.1) is 0 Å². The van der Waals surface area contributed by atoms with Gasteiger partial charge in [-0.3, -0.25) is 9.82 Å². The van der Waals surface area contributed by atoms with Crippen molar-refractivity contribution in [2.24, 2.45) is 0 Å². The van der Waals surface area contributed by atoms with Gasteiger partial charge >= 0.3 is 0 Å². The number of aryl methyl sites for hydroxylation is 1. The van der Waals surface area contributed by atoms with E-state index in [1.54, 1.807) is 6.92 Å². The van der Waals surface area contributed by atoms with Crippen LogP contribution in [-0.4, -0.2) is 33.3 Å². The molecule has 0 aliphatic carbocycles. The first-order valence-electron chi connectivity index (χ1n) is 5.53. The third-order valence-electron chi connectivity index (χ3n) is 2.59. The van der Waals surface area contributed by atoms with Gasteiger partial charge in [0.05, 0.1) is 22.5 Å². The second-order valence-corrected chi connectivity index (χ2v) is 7.93. The van der Waals surface area contributed by atoms with E-state index in [1.165, 1.54) is 30.5 Å². The maximum absolute atomic E-state index is 12.1. The monoisotopic (exact) mass is 315 g/mol. The molecule has 9 heteroatoms. The highest BCUT2D eigenvalue weighted by Gasteiger charge is 2.19. The first kappa shape index (κ1) is 14.5. The molecule has 0 atom stereocenters. The largest absolute Gasteiger partial charge is 0.281 e. The Morgan fingerprint density at radius 3 is 2.45 bits per heavy atom. The van der Waals surface area contributed by atoms with E-state index in [0.717, 1.165) is 6.26 Å². The van der Waals surface area contributed by atoms with E-state index in [9.17, 15) is 16.8 Å². The van der Waals surface area contributed by atoms with Crippen LogP contribution in [0.3, 0.4) is 0 Å². The normalized spacial score (nSPS) is 12.3. The number of nitrogens with one attached hydrogen (secondary N) is 2. The topological polar surface area (TPSA) is 109 Å². The van der Waals surface area contributed by atoms with Gasteiger partial charge in [-0.25, -0.2) is 16.8 Å². The van der Waals surface area contributed by atoms with Crippen molar-refractivity contribution in [1.29, 1.82) is 0 Å². The van der Waals surface area contributed by atoms with E-state index in [4.69, 9.17) is 0 Å². The Balaban J connectivity index is 2.38. The van der Waals surface area contributed by atoms with Crippen molar-refractivity contribution >= 4 is 25.5 Å². The summed E-state index contributed by atoms with van der Waals surface area (Å²) in [5.74, 6) is 0. The van der Waals surface area contributed by atoms with Gasteiger partial charge in [-0.05, 0) is 25.1 Å². The van der Waals surface area contributed by atoms with Crippen LogP contribution in [0.1, 0.15) is 5.69 Å². The number of anilines is 1. The highest BCUT2D eigenvalue weighted by Crippen LogP contribution is 2.20. The molecule has 20 heavy (non-hydrogen) atoms. The molecule has 0 amide bonds. The molecule has 0 saturated carbocycles. The van der Waals surface area contributed by atoms with E-state index in [2.05, 4.69) is 14.9 Å². The standard InChI is InChI=1S/C11H13N3O4S2/c1-8-11(7-12-13-8)20(17,18)14-9-4-3-5-10(6-9)19(2,15)16/h3-7,14H,1-2H3,(H,12,13). The van der Waals surface area contributed by atoms with Crippen LogP contribution in [-0.2, 0) is 19.9 Å². The first-order chi connectivity index (χ1) is 9.20. The average molecular weight is 315 g/mol. The molecule has 2 N–H and O–H groups in total. The summed E-state index contributed by atoms with van der Waals surface area (Å²) in [4.78, 5) is 0.0591. The van der Waals surface area contributed by atoms with Crippen molar-refractivity contribution in [3.05, 3.63) is 36.2 Å². The second kappa shape index (κ2) is 4.91. The number of rotatable bonds is 4. The Labute approximate surface area is 117 Å². The predicted octanol–water partition coefficient (Wildman–Crippen LogP) is 0.922. The Kier molecular flexibility index (Phi) is 3.57. The summed E-state index contributed by atoms with van der Waals surface area (Å²) < 4.78 is 49.5. The second-order valence-electron chi connectivity index (χ2n) is 4.26. The van der Waals surface area contributed by atoms with E-state index >= 15 is 0 Å². The molecule has 0 fully saturated rings. The van der Waals surface area contributed by atoms with Crippen molar-refractivity contribution in [2.45, 2.75) is 16.7 Å². The molecule has 0 aliphatic heterocycles. The molecule has 0 saturated heterocycles. The lowest BCUT2D eigenvalue weighted by Crippen LogP contribution is -2.13. The molecule has 0 aliphatic rings. The Hall–Kier alpha value is -1.87. The number of hydrogen-bond donors (Lipinski definition) is 2. The number of benzene rings is 1. The quantitative estimate of drug-likeness (QED) is 0.872. The number of H-pyrrole nitrogens is 1. The minimum atomic E-state index is -3.80. The molecule has 1 heterocycles. The Bertz CT molecular complexity index is 838. The number of aromatic nitrogens is 2. The van der Waals surface area contributed by atoms with Gasteiger partial charge < -0.3 is 0 Å². The van der Waals surface area contributed by atoms with Crippen molar-refractivity contribution in [3.63, 3.8) is 0 Å². The van der Waals surface area contributed by atoms with Crippen LogP contribution in [0.5, 0.6) is 0 Å². The molecule has 7 nitrogen and oxygen atoms in total. The van der Waals surface area contributed by atoms with E-state index in [1.807, 2.05) is 0 Å². The molecule has 108 valence electrons. The zero-order valence-corrected chi connectivity index (χ0v) is 12.4. The smallest absolute Gasteiger partial charge is 0.265 e. The number of hydrogen-bond acceptors (Lipinski definition) is 5. The Morgan fingerprint density at radius 1 is 1.20 bits per heavy atom. The molecule has 1 aromatic carbocycles. The summed E-state index contributed by atoms with van der Waals surface area (Å²) in [5.41, 5.74) is 0.574. The van der Waals surface area contributed by atoms with Gasteiger partial charge in [0.1, 0.15) is 4.90 Å². The predicted molar refractivity (Wildman–Crippen MR) is 73.7 cm³/mol. The highest BCUT2D eigenvalue weighted by atomic mass is 32.2. The first-order valence-corrected chi connectivity index (χ1v) is 8.90. The number of nitrogens with zero attached hydrogens (tertiary/aromatic N) is 1. The molecule has 0 spiro atoms. The fraction of sp³-hybridized carbons (Fsp3) is 0.182. The SMILES string of the molecule is Cc1[nH]ncc1S(=O)(=O)Nc1cccc(S(C)(=O)=O)c1. The molecule has 2 aromatic rings. The van der Waals surface area contributed by atoms with Gasteiger partial charge in [0.15, 0.2) is 9.84 Å².